The van der Waals surface area contributed by atoms with E-state index in [4.69, 9.17) is 0 Å². The zero-order valence-corrected chi connectivity index (χ0v) is 11.5. The highest BCUT2D eigenvalue weighted by atomic mass is 16.1. The van der Waals surface area contributed by atoms with Crippen molar-refractivity contribution in [2.24, 2.45) is 0 Å². The van der Waals surface area contributed by atoms with Gasteiger partial charge < -0.3 is 5.32 Å². The van der Waals surface area contributed by atoms with Gasteiger partial charge in [0.25, 0.3) is 5.91 Å². The number of aryl methyl sites for hydroxylation is 1. The van der Waals surface area contributed by atoms with Gasteiger partial charge in [-0.15, -0.1) is 0 Å². The zero-order chi connectivity index (χ0) is 14.7. The summed E-state index contributed by atoms with van der Waals surface area (Å²) >= 11 is 0. The van der Waals surface area contributed by atoms with Crippen LogP contribution in [-0.4, -0.2) is 20.7 Å². The summed E-state index contributed by atoms with van der Waals surface area (Å²) in [6.45, 7) is 1.85. The van der Waals surface area contributed by atoms with Crippen LogP contribution in [0.5, 0.6) is 0 Å². The molecule has 3 aromatic rings. The van der Waals surface area contributed by atoms with Gasteiger partial charge in [0.1, 0.15) is 0 Å². The Kier molecular flexibility index (Phi) is 3.47. The van der Waals surface area contributed by atoms with Gasteiger partial charge in [0, 0.05) is 12.4 Å². The first-order valence-corrected chi connectivity index (χ1v) is 6.57. The Labute approximate surface area is 122 Å². The number of nitrogens with zero attached hydrogens (tertiary/aromatic N) is 3. The first-order chi connectivity index (χ1) is 10.2. The maximum Gasteiger partial charge on any atom is 0.258 e. The molecule has 5 heteroatoms. The second-order valence-corrected chi connectivity index (χ2v) is 4.60. The molecule has 0 fully saturated rings. The van der Waals surface area contributed by atoms with Crippen molar-refractivity contribution in [1.29, 1.82) is 0 Å². The van der Waals surface area contributed by atoms with Crippen molar-refractivity contribution in [3.8, 4) is 5.69 Å². The van der Waals surface area contributed by atoms with Gasteiger partial charge >= 0.3 is 0 Å². The minimum atomic E-state index is -0.201. The lowest BCUT2D eigenvalue weighted by molar-refractivity contribution is 0.102. The summed E-state index contributed by atoms with van der Waals surface area (Å²) in [6.07, 6.45) is 4.95. The van der Waals surface area contributed by atoms with Crippen molar-refractivity contribution in [2.45, 2.75) is 6.92 Å². The van der Waals surface area contributed by atoms with E-state index in [9.17, 15) is 4.79 Å². The van der Waals surface area contributed by atoms with Crippen LogP contribution in [0.4, 0.5) is 5.69 Å². The number of anilines is 1. The van der Waals surface area contributed by atoms with Crippen molar-refractivity contribution < 1.29 is 4.79 Å². The van der Waals surface area contributed by atoms with Crippen LogP contribution in [0.25, 0.3) is 5.69 Å². The van der Waals surface area contributed by atoms with Gasteiger partial charge in [-0.3, -0.25) is 9.78 Å². The molecule has 0 unspecified atom stereocenters. The number of nitrogens with one attached hydrogen (secondary N) is 1. The molecule has 1 N–H and O–H groups in total. The van der Waals surface area contributed by atoms with E-state index in [1.54, 1.807) is 29.3 Å². The van der Waals surface area contributed by atoms with E-state index >= 15 is 0 Å². The summed E-state index contributed by atoms with van der Waals surface area (Å²) in [4.78, 5) is 16.4. The van der Waals surface area contributed by atoms with Crippen molar-refractivity contribution in [3.05, 3.63) is 72.3 Å². The van der Waals surface area contributed by atoms with Crippen molar-refractivity contribution in [1.82, 2.24) is 14.8 Å². The van der Waals surface area contributed by atoms with Gasteiger partial charge in [0.15, 0.2) is 0 Å². The van der Waals surface area contributed by atoms with Gasteiger partial charge in [-0.1, -0.05) is 18.2 Å². The van der Waals surface area contributed by atoms with Crippen molar-refractivity contribution >= 4 is 11.6 Å². The molecule has 5 nitrogen and oxygen atoms in total. The first-order valence-electron chi connectivity index (χ1n) is 6.57. The molecule has 21 heavy (non-hydrogen) atoms. The fraction of sp³-hybridized carbons (Fsp3) is 0.0625. The fourth-order valence-electron chi connectivity index (χ4n) is 1.97. The lowest BCUT2D eigenvalue weighted by Crippen LogP contribution is -2.12. The largest absolute Gasteiger partial charge is 0.320 e. The summed E-state index contributed by atoms with van der Waals surface area (Å²) in [5, 5.41) is 7.05. The Morgan fingerprint density at radius 1 is 1.14 bits per heavy atom. The molecule has 1 amide bonds. The lowest BCUT2D eigenvalue weighted by Gasteiger charge is -2.05. The molecule has 0 aliphatic carbocycles. The molecule has 0 spiro atoms. The number of hydrogen-bond acceptors (Lipinski definition) is 3. The van der Waals surface area contributed by atoms with E-state index in [2.05, 4.69) is 15.4 Å². The molecule has 2 aromatic heterocycles. The Balaban J connectivity index is 1.80. The van der Waals surface area contributed by atoms with Crippen LogP contribution in [-0.2, 0) is 0 Å². The Bertz CT molecular complexity index is 765. The fourth-order valence-corrected chi connectivity index (χ4v) is 1.97. The smallest absolute Gasteiger partial charge is 0.258 e. The molecular weight excluding hydrogens is 264 g/mol. The molecule has 0 radical (unpaired) electrons. The van der Waals surface area contributed by atoms with Gasteiger partial charge in [-0.25, -0.2) is 4.68 Å². The number of carbonyl (C=O) groups is 1. The number of amides is 1. The van der Waals surface area contributed by atoms with Crippen LogP contribution >= 0.6 is 0 Å². The summed E-state index contributed by atoms with van der Waals surface area (Å²) in [6, 6.07) is 13.3. The maximum atomic E-state index is 12.2. The van der Waals surface area contributed by atoms with E-state index in [1.807, 2.05) is 43.3 Å². The van der Waals surface area contributed by atoms with Gasteiger partial charge in [0.05, 0.1) is 28.8 Å². The zero-order valence-electron chi connectivity index (χ0n) is 11.5. The highest BCUT2D eigenvalue weighted by Crippen LogP contribution is 2.13. The van der Waals surface area contributed by atoms with Crippen LogP contribution in [0.1, 0.15) is 16.1 Å². The normalized spacial score (nSPS) is 10.3. The van der Waals surface area contributed by atoms with E-state index in [0.717, 1.165) is 11.4 Å². The maximum absolute atomic E-state index is 12.2. The van der Waals surface area contributed by atoms with Crippen LogP contribution < -0.4 is 5.32 Å². The van der Waals surface area contributed by atoms with Crippen molar-refractivity contribution in [3.63, 3.8) is 0 Å². The molecule has 0 saturated heterocycles. The molecule has 3 rings (SSSR count). The first kappa shape index (κ1) is 13.1. The quantitative estimate of drug-likeness (QED) is 0.801. The predicted octanol–water partition coefficient (Wildman–Crippen LogP) is 2.83. The van der Waals surface area contributed by atoms with E-state index in [0.29, 0.717) is 11.3 Å². The number of carbonyl (C=O) groups excluding carboxylic acids is 1. The standard InChI is InChI=1S/C16H14N4O/c1-12-15(8-5-9-17-12)19-16(21)13-10-18-20(11-13)14-6-3-2-4-7-14/h2-11H,1H3,(H,19,21). The SMILES string of the molecule is Cc1ncccc1NC(=O)c1cnn(-c2ccccc2)c1. The molecule has 2 heterocycles. The highest BCUT2D eigenvalue weighted by Gasteiger charge is 2.10. The molecule has 0 aliphatic rings. The van der Waals surface area contributed by atoms with Gasteiger partial charge in [-0.05, 0) is 31.2 Å². The van der Waals surface area contributed by atoms with Gasteiger partial charge in [0.2, 0.25) is 0 Å². The number of benzene rings is 1. The molecule has 0 aliphatic heterocycles. The van der Waals surface area contributed by atoms with E-state index in [-0.39, 0.29) is 5.91 Å². The molecule has 0 saturated carbocycles. The number of hydrogen-bond donors (Lipinski definition) is 1. The topological polar surface area (TPSA) is 59.8 Å². The summed E-state index contributed by atoms with van der Waals surface area (Å²) in [5.41, 5.74) is 2.90. The third kappa shape index (κ3) is 2.81. The monoisotopic (exact) mass is 278 g/mol. The molecule has 0 atom stereocenters. The molecular formula is C16H14N4O. The van der Waals surface area contributed by atoms with Crippen LogP contribution in [0.15, 0.2) is 61.1 Å². The Hall–Kier alpha value is -2.95. The van der Waals surface area contributed by atoms with Crippen LogP contribution in [0.2, 0.25) is 0 Å². The third-order valence-electron chi connectivity index (χ3n) is 3.12. The van der Waals surface area contributed by atoms with Crippen molar-refractivity contribution in [2.75, 3.05) is 5.32 Å². The lowest BCUT2D eigenvalue weighted by atomic mass is 10.2. The van der Waals surface area contributed by atoms with Gasteiger partial charge in [-0.2, -0.15) is 5.10 Å². The van der Waals surface area contributed by atoms with Crippen LogP contribution in [0.3, 0.4) is 0 Å². The summed E-state index contributed by atoms with van der Waals surface area (Å²) in [5.74, 6) is -0.201. The third-order valence-corrected chi connectivity index (χ3v) is 3.12. The second-order valence-electron chi connectivity index (χ2n) is 4.60. The second kappa shape index (κ2) is 5.58. The molecule has 1 aromatic carbocycles. The molecule has 104 valence electrons. The number of aromatic nitrogens is 3. The average molecular weight is 278 g/mol. The summed E-state index contributed by atoms with van der Waals surface area (Å²) in [7, 11) is 0. The number of para-hydroxylation sites is 1. The molecule has 0 bridgehead atoms. The predicted molar refractivity (Wildman–Crippen MR) is 80.5 cm³/mol. The Morgan fingerprint density at radius 2 is 1.95 bits per heavy atom. The van der Waals surface area contributed by atoms with Crippen LogP contribution in [0, 0.1) is 6.92 Å². The minimum Gasteiger partial charge on any atom is -0.320 e. The highest BCUT2D eigenvalue weighted by molar-refractivity contribution is 6.04. The van der Waals surface area contributed by atoms with E-state index in [1.165, 1.54) is 0 Å². The number of pyridine rings is 1. The Morgan fingerprint density at radius 3 is 2.71 bits per heavy atom. The summed E-state index contributed by atoms with van der Waals surface area (Å²) < 4.78 is 1.67. The number of rotatable bonds is 3. The average Bonchev–Trinajstić information content (AvgIpc) is 3.00. The van der Waals surface area contributed by atoms with E-state index < -0.39 is 0 Å². The minimum absolute atomic E-state index is 0.201.